The summed E-state index contributed by atoms with van der Waals surface area (Å²) in [4.78, 5) is 15.5. The van der Waals surface area contributed by atoms with E-state index in [9.17, 15) is 0 Å². The number of hydrogen-bond acceptors (Lipinski definition) is 8. The molecule has 0 atom stereocenters. The minimum atomic E-state index is 0.468. The average Bonchev–Trinajstić information content (AvgIpc) is 3.16. The second-order valence-electron chi connectivity index (χ2n) is 6.26. The van der Waals surface area contributed by atoms with Crippen LogP contribution in [-0.4, -0.2) is 38.2 Å². The predicted octanol–water partition coefficient (Wildman–Crippen LogP) is 3.41. The molecule has 3 aromatic heterocycles. The maximum absolute atomic E-state index is 4.81. The highest BCUT2D eigenvalue weighted by atomic mass is 32.1. The van der Waals surface area contributed by atoms with Crippen LogP contribution in [0.1, 0.15) is 36.4 Å². The molecule has 0 spiro atoms. The van der Waals surface area contributed by atoms with E-state index in [1.807, 2.05) is 12.1 Å². The van der Waals surface area contributed by atoms with Crippen molar-refractivity contribution in [1.82, 2.24) is 25.1 Å². The Bertz CT molecular complexity index is 844. The minimum absolute atomic E-state index is 0.468. The van der Waals surface area contributed by atoms with Gasteiger partial charge in [-0.1, -0.05) is 24.3 Å². The fourth-order valence-electron chi connectivity index (χ4n) is 3.18. The number of aryl methyl sites for hydroxylation is 1. The Labute approximate surface area is 156 Å². The standard InChI is InChI=1S/C18H21N7S/c1-2-17-23-24-18(26-17)22-15-5-3-4-14(21-15)13-7-10-25(11-8-13)16-6-9-19-12-20-16/h3-6,9,12-13H,2,7-8,10-11H2,1H3,(H,21,22,24). The molecule has 1 aliphatic heterocycles. The number of aromatic nitrogens is 5. The quantitative estimate of drug-likeness (QED) is 0.740. The van der Waals surface area contributed by atoms with Crippen molar-refractivity contribution in [2.24, 2.45) is 0 Å². The first-order valence-electron chi connectivity index (χ1n) is 8.89. The highest BCUT2D eigenvalue weighted by Crippen LogP contribution is 2.29. The molecule has 4 rings (SSSR count). The molecule has 3 aromatic rings. The number of hydrogen-bond donors (Lipinski definition) is 1. The van der Waals surface area contributed by atoms with Gasteiger partial charge in [0.15, 0.2) is 0 Å². The monoisotopic (exact) mass is 367 g/mol. The van der Waals surface area contributed by atoms with Crippen LogP contribution in [0, 0.1) is 0 Å². The summed E-state index contributed by atoms with van der Waals surface area (Å²) in [7, 11) is 0. The molecule has 4 heterocycles. The highest BCUT2D eigenvalue weighted by molar-refractivity contribution is 7.15. The van der Waals surface area contributed by atoms with E-state index in [4.69, 9.17) is 4.98 Å². The van der Waals surface area contributed by atoms with E-state index in [0.29, 0.717) is 5.92 Å². The lowest BCUT2D eigenvalue weighted by molar-refractivity contribution is 0.494. The van der Waals surface area contributed by atoms with Gasteiger partial charge in [0.25, 0.3) is 0 Å². The fraction of sp³-hybridized carbons (Fsp3) is 0.389. The van der Waals surface area contributed by atoms with Gasteiger partial charge in [0.2, 0.25) is 5.13 Å². The van der Waals surface area contributed by atoms with Crippen LogP contribution >= 0.6 is 11.3 Å². The molecule has 1 aliphatic rings. The number of anilines is 3. The van der Waals surface area contributed by atoms with E-state index in [1.54, 1.807) is 23.9 Å². The summed E-state index contributed by atoms with van der Waals surface area (Å²) in [5.41, 5.74) is 1.14. The van der Waals surface area contributed by atoms with E-state index >= 15 is 0 Å². The van der Waals surface area contributed by atoms with Gasteiger partial charge in [-0.2, -0.15) is 0 Å². The molecule has 1 saturated heterocycles. The van der Waals surface area contributed by atoms with Crippen LogP contribution in [0.2, 0.25) is 0 Å². The average molecular weight is 367 g/mol. The van der Waals surface area contributed by atoms with Crippen LogP contribution in [0.3, 0.4) is 0 Å². The molecule has 1 N–H and O–H groups in total. The molecule has 0 aromatic carbocycles. The Balaban J connectivity index is 1.41. The molecule has 0 unspecified atom stereocenters. The third-order valence-corrected chi connectivity index (χ3v) is 5.56. The van der Waals surface area contributed by atoms with Gasteiger partial charge in [-0.25, -0.2) is 15.0 Å². The first-order valence-corrected chi connectivity index (χ1v) is 9.71. The highest BCUT2D eigenvalue weighted by Gasteiger charge is 2.22. The normalized spacial score (nSPS) is 15.2. The van der Waals surface area contributed by atoms with Gasteiger partial charge in [-0.05, 0) is 37.5 Å². The SMILES string of the molecule is CCc1nnc(Nc2cccc(C3CCN(c4ccncn4)CC3)n2)s1. The summed E-state index contributed by atoms with van der Waals surface area (Å²) >= 11 is 1.58. The molecule has 0 radical (unpaired) electrons. The summed E-state index contributed by atoms with van der Waals surface area (Å²) in [5.74, 6) is 2.31. The van der Waals surface area contributed by atoms with Gasteiger partial charge in [-0.15, -0.1) is 10.2 Å². The van der Waals surface area contributed by atoms with Crippen molar-refractivity contribution >= 4 is 28.1 Å². The molecular weight excluding hydrogens is 346 g/mol. The lowest BCUT2D eigenvalue weighted by atomic mass is 9.93. The smallest absolute Gasteiger partial charge is 0.211 e. The number of piperidine rings is 1. The Morgan fingerprint density at radius 1 is 1.19 bits per heavy atom. The maximum atomic E-state index is 4.81. The molecular formula is C18H21N7S. The number of nitrogens with one attached hydrogen (secondary N) is 1. The van der Waals surface area contributed by atoms with Crippen LogP contribution in [0.4, 0.5) is 16.8 Å². The van der Waals surface area contributed by atoms with Crippen molar-refractivity contribution in [3.05, 3.63) is 47.5 Å². The Kier molecular flexibility index (Phi) is 5.01. The summed E-state index contributed by atoms with van der Waals surface area (Å²) in [6.45, 7) is 4.05. The molecule has 1 fully saturated rings. The topological polar surface area (TPSA) is 79.7 Å². The molecule has 0 bridgehead atoms. The number of pyridine rings is 1. The van der Waals surface area contributed by atoms with E-state index in [0.717, 1.165) is 59.8 Å². The predicted molar refractivity (Wildman–Crippen MR) is 103 cm³/mol. The van der Waals surface area contributed by atoms with Gasteiger partial charge in [0, 0.05) is 30.9 Å². The van der Waals surface area contributed by atoms with Crippen LogP contribution < -0.4 is 10.2 Å². The van der Waals surface area contributed by atoms with Crippen LogP contribution in [0.25, 0.3) is 0 Å². The second-order valence-corrected chi connectivity index (χ2v) is 7.32. The Hall–Kier alpha value is -2.61. The summed E-state index contributed by atoms with van der Waals surface area (Å²) in [5, 5.41) is 13.4. The summed E-state index contributed by atoms with van der Waals surface area (Å²) in [6.07, 6.45) is 6.44. The van der Waals surface area contributed by atoms with Crippen molar-refractivity contribution < 1.29 is 0 Å². The van der Waals surface area contributed by atoms with E-state index in [1.165, 1.54) is 0 Å². The zero-order chi connectivity index (χ0) is 17.8. The van der Waals surface area contributed by atoms with E-state index < -0.39 is 0 Å². The molecule has 26 heavy (non-hydrogen) atoms. The third-order valence-electron chi connectivity index (χ3n) is 4.58. The molecule has 7 nitrogen and oxygen atoms in total. The summed E-state index contributed by atoms with van der Waals surface area (Å²) < 4.78 is 0. The van der Waals surface area contributed by atoms with Crippen LogP contribution in [0.5, 0.6) is 0 Å². The van der Waals surface area contributed by atoms with Gasteiger partial charge in [0.1, 0.15) is 23.0 Å². The molecule has 134 valence electrons. The molecule has 0 saturated carbocycles. The van der Waals surface area contributed by atoms with Gasteiger partial charge >= 0.3 is 0 Å². The summed E-state index contributed by atoms with van der Waals surface area (Å²) in [6, 6.07) is 8.12. The zero-order valence-corrected chi connectivity index (χ0v) is 15.5. The molecule has 8 heteroatoms. The zero-order valence-electron chi connectivity index (χ0n) is 14.7. The first-order chi connectivity index (χ1) is 12.8. The van der Waals surface area contributed by atoms with E-state index in [2.05, 4.69) is 49.4 Å². The number of nitrogens with zero attached hydrogens (tertiary/aromatic N) is 6. The Morgan fingerprint density at radius 3 is 2.81 bits per heavy atom. The maximum Gasteiger partial charge on any atom is 0.211 e. The van der Waals surface area contributed by atoms with Gasteiger partial charge in [0.05, 0.1) is 0 Å². The Morgan fingerprint density at radius 2 is 2.08 bits per heavy atom. The van der Waals surface area contributed by atoms with Crippen LogP contribution in [-0.2, 0) is 6.42 Å². The van der Waals surface area contributed by atoms with Gasteiger partial charge in [-0.3, -0.25) is 0 Å². The van der Waals surface area contributed by atoms with Crippen molar-refractivity contribution in [3.8, 4) is 0 Å². The van der Waals surface area contributed by atoms with Crippen LogP contribution in [0.15, 0.2) is 36.8 Å². The second kappa shape index (κ2) is 7.74. The molecule has 0 aliphatic carbocycles. The van der Waals surface area contributed by atoms with Crippen molar-refractivity contribution in [2.75, 3.05) is 23.3 Å². The van der Waals surface area contributed by atoms with E-state index in [-0.39, 0.29) is 0 Å². The molecule has 0 amide bonds. The van der Waals surface area contributed by atoms with Gasteiger partial charge < -0.3 is 10.2 Å². The minimum Gasteiger partial charge on any atom is -0.356 e. The lowest BCUT2D eigenvalue weighted by Gasteiger charge is -2.32. The van der Waals surface area contributed by atoms with Crippen molar-refractivity contribution in [1.29, 1.82) is 0 Å². The van der Waals surface area contributed by atoms with Crippen molar-refractivity contribution in [2.45, 2.75) is 32.1 Å². The van der Waals surface area contributed by atoms with Crippen molar-refractivity contribution in [3.63, 3.8) is 0 Å². The lowest BCUT2D eigenvalue weighted by Crippen LogP contribution is -2.33. The third kappa shape index (κ3) is 3.80. The first kappa shape index (κ1) is 16.8. The largest absolute Gasteiger partial charge is 0.356 e. The fourth-order valence-corrected chi connectivity index (χ4v) is 3.87. The number of rotatable bonds is 5.